The first kappa shape index (κ1) is 23.5. The lowest BCUT2D eigenvalue weighted by Crippen LogP contribution is -2.24. The summed E-state index contributed by atoms with van der Waals surface area (Å²) in [5.74, 6) is -0.0481. The van der Waals surface area contributed by atoms with Gasteiger partial charge in [-0.15, -0.1) is 0 Å². The van der Waals surface area contributed by atoms with Gasteiger partial charge in [-0.1, -0.05) is 39.8 Å². The highest BCUT2D eigenvalue weighted by Crippen LogP contribution is 2.25. The van der Waals surface area contributed by atoms with Crippen LogP contribution in [0.5, 0.6) is 11.5 Å². The second kappa shape index (κ2) is 10.5. The molecular weight excluding hydrogens is 520 g/mol. The van der Waals surface area contributed by atoms with Gasteiger partial charge in [0, 0.05) is 4.47 Å². The van der Waals surface area contributed by atoms with Gasteiger partial charge in [-0.2, -0.15) is 5.10 Å². The molecule has 8 nitrogen and oxygen atoms in total. The van der Waals surface area contributed by atoms with E-state index in [1.54, 1.807) is 30.3 Å². The normalized spacial score (nSPS) is 11.1. The van der Waals surface area contributed by atoms with Crippen molar-refractivity contribution in [1.82, 2.24) is 15.0 Å². The molecule has 34 heavy (non-hydrogen) atoms. The second-order valence-electron chi connectivity index (χ2n) is 7.04. The van der Waals surface area contributed by atoms with Crippen molar-refractivity contribution < 1.29 is 14.6 Å². The van der Waals surface area contributed by atoms with Crippen LogP contribution in [0.15, 0.2) is 86.3 Å². The lowest BCUT2D eigenvalue weighted by molar-refractivity contribution is -0.118. The van der Waals surface area contributed by atoms with Gasteiger partial charge in [0.15, 0.2) is 16.7 Å². The van der Waals surface area contributed by atoms with Crippen LogP contribution in [0.25, 0.3) is 16.6 Å². The van der Waals surface area contributed by atoms with Crippen molar-refractivity contribution in [1.29, 1.82) is 0 Å². The summed E-state index contributed by atoms with van der Waals surface area (Å²) in [5.41, 5.74) is 4.09. The average molecular weight is 539 g/mol. The van der Waals surface area contributed by atoms with Crippen molar-refractivity contribution in [2.24, 2.45) is 5.10 Å². The maximum absolute atomic E-state index is 13.2. The summed E-state index contributed by atoms with van der Waals surface area (Å²) in [5, 5.41) is 14.5. The van der Waals surface area contributed by atoms with Gasteiger partial charge in [0.25, 0.3) is 11.5 Å². The molecule has 0 aliphatic heterocycles. The van der Waals surface area contributed by atoms with Gasteiger partial charge < -0.3 is 9.84 Å². The number of nitrogens with zero attached hydrogens (tertiary/aromatic N) is 3. The summed E-state index contributed by atoms with van der Waals surface area (Å²) < 4.78 is 7.44. The smallest absolute Gasteiger partial charge is 0.266 e. The summed E-state index contributed by atoms with van der Waals surface area (Å²) in [4.78, 5) is 30.2. The third-order valence-electron chi connectivity index (χ3n) is 4.77. The minimum absolute atomic E-state index is 0.00243. The zero-order chi connectivity index (χ0) is 24.1. The molecule has 4 aromatic rings. The van der Waals surface area contributed by atoms with E-state index in [0.29, 0.717) is 33.1 Å². The highest BCUT2D eigenvalue weighted by atomic mass is 79.9. The fraction of sp³-hybridized carbons (Fsp3) is 0.0833. The minimum Gasteiger partial charge on any atom is -0.504 e. The number of para-hydroxylation sites is 1. The first-order valence-corrected chi connectivity index (χ1v) is 11.8. The van der Waals surface area contributed by atoms with E-state index < -0.39 is 0 Å². The number of phenols is 1. The number of phenolic OH excluding ortho intramolecular Hbond substituents is 1. The predicted octanol–water partition coefficient (Wildman–Crippen LogP) is 4.10. The number of aromatic nitrogens is 2. The van der Waals surface area contributed by atoms with Crippen LogP contribution >= 0.6 is 27.7 Å². The summed E-state index contributed by atoms with van der Waals surface area (Å²) in [6, 6.07) is 19.1. The molecule has 0 spiro atoms. The molecular formula is C24H19BrN4O4S. The van der Waals surface area contributed by atoms with Gasteiger partial charge in [-0.05, 0) is 60.2 Å². The molecule has 0 fully saturated rings. The molecule has 0 aliphatic rings. The number of rotatable bonds is 7. The van der Waals surface area contributed by atoms with Crippen LogP contribution < -0.4 is 15.7 Å². The molecule has 0 aliphatic carbocycles. The first-order valence-electron chi connectivity index (χ1n) is 10.1. The van der Waals surface area contributed by atoms with Crippen molar-refractivity contribution >= 4 is 50.7 Å². The molecule has 172 valence electrons. The van der Waals surface area contributed by atoms with Crippen molar-refractivity contribution in [3.05, 3.63) is 87.1 Å². The molecule has 2 N–H and O–H groups in total. The number of aromatic hydroxyl groups is 1. The number of hydrazone groups is 1. The first-order chi connectivity index (χ1) is 16.5. The van der Waals surface area contributed by atoms with E-state index in [1.165, 1.54) is 24.0 Å². The van der Waals surface area contributed by atoms with Gasteiger partial charge in [0.05, 0.1) is 35.7 Å². The van der Waals surface area contributed by atoms with Crippen LogP contribution in [0.4, 0.5) is 0 Å². The highest BCUT2D eigenvalue weighted by molar-refractivity contribution is 9.10. The van der Waals surface area contributed by atoms with E-state index in [-0.39, 0.29) is 23.0 Å². The summed E-state index contributed by atoms with van der Waals surface area (Å²) in [7, 11) is 1.45. The van der Waals surface area contributed by atoms with Crippen LogP contribution in [0.2, 0.25) is 0 Å². The Kier molecular flexibility index (Phi) is 7.29. The standard InChI is InChI=1S/C24H19BrN4O4S/c1-33-21-12-15(6-11-20(21)30)13-26-28-22(31)14-34-24-27-19-5-3-2-4-18(19)23(32)29(24)17-9-7-16(25)8-10-17/h2-13,30H,14H2,1H3,(H,28,31). The molecule has 4 rings (SSSR count). The van der Waals surface area contributed by atoms with Crippen LogP contribution in [0.1, 0.15) is 5.56 Å². The number of carbonyl (C=O) groups excluding carboxylic acids is 1. The van der Waals surface area contributed by atoms with E-state index in [2.05, 4.69) is 31.4 Å². The maximum atomic E-state index is 13.2. The Labute approximate surface area is 207 Å². The number of halogens is 1. The Morgan fingerprint density at radius 3 is 2.74 bits per heavy atom. The average Bonchev–Trinajstić information content (AvgIpc) is 2.84. The molecule has 0 radical (unpaired) electrons. The van der Waals surface area contributed by atoms with Gasteiger partial charge in [0.1, 0.15) is 0 Å². The van der Waals surface area contributed by atoms with E-state index >= 15 is 0 Å². The lowest BCUT2D eigenvalue weighted by atomic mass is 10.2. The van der Waals surface area contributed by atoms with Crippen molar-refractivity contribution in [2.75, 3.05) is 12.9 Å². The zero-order valence-corrected chi connectivity index (χ0v) is 20.3. The fourth-order valence-corrected chi connectivity index (χ4v) is 4.21. The lowest BCUT2D eigenvalue weighted by Gasteiger charge is -2.13. The number of fused-ring (bicyclic) bond motifs is 1. The monoisotopic (exact) mass is 538 g/mol. The molecule has 0 bridgehead atoms. The molecule has 1 heterocycles. The van der Waals surface area contributed by atoms with Crippen LogP contribution in [0, 0.1) is 0 Å². The maximum Gasteiger partial charge on any atom is 0.266 e. The second-order valence-corrected chi connectivity index (χ2v) is 8.90. The molecule has 1 aromatic heterocycles. The van der Waals surface area contributed by atoms with Crippen molar-refractivity contribution in [2.45, 2.75) is 5.16 Å². The molecule has 0 saturated heterocycles. The third-order valence-corrected chi connectivity index (χ3v) is 6.24. The Morgan fingerprint density at radius 2 is 1.97 bits per heavy atom. The molecule has 0 saturated carbocycles. The number of amides is 1. The Morgan fingerprint density at radius 1 is 1.21 bits per heavy atom. The summed E-state index contributed by atoms with van der Waals surface area (Å²) in [6.45, 7) is 0. The number of hydrogen-bond acceptors (Lipinski definition) is 7. The SMILES string of the molecule is COc1cc(C=NNC(=O)CSc2nc3ccccc3c(=O)n2-c2ccc(Br)cc2)ccc1O. The van der Waals surface area contributed by atoms with Gasteiger partial charge in [0.2, 0.25) is 0 Å². The minimum atomic E-state index is -0.364. The number of benzene rings is 3. The number of thioether (sulfide) groups is 1. The van der Waals surface area contributed by atoms with Crippen molar-refractivity contribution in [3.63, 3.8) is 0 Å². The largest absolute Gasteiger partial charge is 0.504 e. The third kappa shape index (κ3) is 5.29. The molecule has 3 aromatic carbocycles. The summed E-state index contributed by atoms with van der Waals surface area (Å²) in [6.07, 6.45) is 1.44. The molecule has 10 heteroatoms. The highest BCUT2D eigenvalue weighted by Gasteiger charge is 2.14. The number of methoxy groups -OCH3 is 1. The van der Waals surface area contributed by atoms with E-state index in [9.17, 15) is 14.7 Å². The van der Waals surface area contributed by atoms with E-state index in [4.69, 9.17) is 4.74 Å². The van der Waals surface area contributed by atoms with Gasteiger partial charge >= 0.3 is 0 Å². The molecule has 0 atom stereocenters. The predicted molar refractivity (Wildman–Crippen MR) is 136 cm³/mol. The van der Waals surface area contributed by atoms with Crippen LogP contribution in [-0.4, -0.2) is 39.6 Å². The number of hydrogen-bond donors (Lipinski definition) is 2. The summed E-state index contributed by atoms with van der Waals surface area (Å²) >= 11 is 4.54. The van der Waals surface area contributed by atoms with E-state index in [0.717, 1.165) is 16.2 Å². The zero-order valence-electron chi connectivity index (χ0n) is 17.9. The van der Waals surface area contributed by atoms with Crippen LogP contribution in [0.3, 0.4) is 0 Å². The van der Waals surface area contributed by atoms with Gasteiger partial charge in [-0.3, -0.25) is 14.2 Å². The Hall–Kier alpha value is -3.63. The number of nitrogens with one attached hydrogen (secondary N) is 1. The van der Waals surface area contributed by atoms with Crippen molar-refractivity contribution in [3.8, 4) is 17.2 Å². The number of ether oxygens (including phenoxy) is 1. The van der Waals surface area contributed by atoms with Crippen LogP contribution in [-0.2, 0) is 4.79 Å². The number of carbonyl (C=O) groups is 1. The molecule has 1 amide bonds. The Balaban J connectivity index is 1.53. The topological polar surface area (TPSA) is 106 Å². The van der Waals surface area contributed by atoms with Gasteiger partial charge in [-0.25, -0.2) is 10.4 Å². The Bertz CT molecular complexity index is 1440. The quantitative estimate of drug-likeness (QED) is 0.159. The van der Waals surface area contributed by atoms with E-state index in [1.807, 2.05) is 30.3 Å². The fourth-order valence-electron chi connectivity index (χ4n) is 3.14. The molecule has 0 unspecified atom stereocenters.